The summed E-state index contributed by atoms with van der Waals surface area (Å²) < 4.78 is 71.1. The first-order chi connectivity index (χ1) is 17.8. The number of carbonyl (C=O) groups excluding carboxylic acids is 3. The predicted octanol–water partition coefficient (Wildman–Crippen LogP) is 3.16. The molecular weight excluding hydrogens is 515 g/mol. The van der Waals surface area contributed by atoms with Crippen molar-refractivity contribution in [3.63, 3.8) is 0 Å². The maximum Gasteiger partial charge on any atom is 0.294 e. The highest BCUT2D eigenvalue weighted by molar-refractivity contribution is 6.43. The fourth-order valence-electron chi connectivity index (χ4n) is 5.25. The third-order valence-corrected chi connectivity index (χ3v) is 6.87. The molecule has 0 radical (unpaired) electrons. The lowest BCUT2D eigenvalue weighted by molar-refractivity contribution is -0.148. The summed E-state index contributed by atoms with van der Waals surface area (Å²) in [6, 6.07) is 1.23. The number of nitrogens with one attached hydrogen (secondary N) is 2. The number of hydrogen-bond acceptors (Lipinski definition) is 5. The average molecular weight is 536 g/mol. The molecule has 0 spiro atoms. The first-order valence-corrected chi connectivity index (χ1v) is 11.6. The molecule has 3 aromatic rings. The summed E-state index contributed by atoms with van der Waals surface area (Å²) in [5.74, 6) is -10.8. The van der Waals surface area contributed by atoms with Crippen LogP contribution in [0.2, 0.25) is 0 Å². The van der Waals surface area contributed by atoms with Gasteiger partial charge in [-0.05, 0) is 25.3 Å². The minimum atomic E-state index is -3.06. The maximum atomic E-state index is 13.9. The van der Waals surface area contributed by atoms with Crippen LogP contribution in [0.3, 0.4) is 0 Å². The Hall–Kier alpha value is -4.10. The summed E-state index contributed by atoms with van der Waals surface area (Å²) in [5.41, 5.74) is -1.35. The Labute approximate surface area is 212 Å². The van der Waals surface area contributed by atoms with Gasteiger partial charge in [0.1, 0.15) is 5.69 Å². The van der Waals surface area contributed by atoms with E-state index in [0.717, 1.165) is 0 Å². The Morgan fingerprint density at radius 2 is 1.74 bits per heavy atom. The van der Waals surface area contributed by atoms with Gasteiger partial charge in [0.15, 0.2) is 17.5 Å². The summed E-state index contributed by atoms with van der Waals surface area (Å²) in [6.07, 6.45) is 0.778. The van der Waals surface area contributed by atoms with Crippen LogP contribution in [0.25, 0.3) is 0 Å². The van der Waals surface area contributed by atoms with Crippen molar-refractivity contribution in [3.8, 4) is 0 Å². The monoisotopic (exact) mass is 536 g/mol. The van der Waals surface area contributed by atoms with E-state index in [1.165, 1.54) is 29.4 Å². The Bertz CT molecular complexity index is 1480. The zero-order valence-electron chi connectivity index (χ0n) is 20.2. The fraction of sp³-hybridized carbons (Fsp3) is 0.375. The minimum absolute atomic E-state index is 0.0302. The lowest BCUT2D eigenvalue weighted by Crippen LogP contribution is -2.61. The van der Waals surface area contributed by atoms with Gasteiger partial charge in [-0.3, -0.25) is 19.1 Å². The number of aromatic nitrogens is 4. The van der Waals surface area contributed by atoms with Crippen LogP contribution in [-0.2, 0) is 30.3 Å². The fourth-order valence-corrected chi connectivity index (χ4v) is 5.25. The number of nitrogens with zero attached hydrogens (tertiary/aromatic N) is 4. The molecule has 38 heavy (non-hydrogen) atoms. The molecule has 0 bridgehead atoms. The van der Waals surface area contributed by atoms with Crippen molar-refractivity contribution in [2.45, 2.75) is 50.6 Å². The van der Waals surface area contributed by atoms with Gasteiger partial charge in [-0.25, -0.2) is 22.0 Å². The molecule has 0 unspecified atom stereocenters. The van der Waals surface area contributed by atoms with Crippen molar-refractivity contribution < 1.29 is 36.3 Å². The van der Waals surface area contributed by atoms with Crippen LogP contribution in [0.1, 0.15) is 57.1 Å². The van der Waals surface area contributed by atoms with Gasteiger partial charge in [0, 0.05) is 49.9 Å². The Morgan fingerprint density at radius 3 is 2.32 bits per heavy atom. The van der Waals surface area contributed by atoms with Gasteiger partial charge < -0.3 is 15.2 Å². The van der Waals surface area contributed by atoms with Crippen LogP contribution in [0, 0.1) is 24.4 Å². The third kappa shape index (κ3) is 4.13. The van der Waals surface area contributed by atoms with Crippen molar-refractivity contribution in [1.29, 1.82) is 0 Å². The number of anilines is 1. The number of amides is 2. The lowest BCUT2D eigenvalue weighted by atomic mass is 9.71. The number of halogens is 5. The van der Waals surface area contributed by atoms with Gasteiger partial charge in [0.2, 0.25) is 0 Å². The number of Topliss-reactive ketones (excluding diaryl/α,β-unsaturated/α-hetero) is 1. The molecule has 200 valence electrons. The van der Waals surface area contributed by atoms with Crippen molar-refractivity contribution in [2.75, 3.05) is 5.32 Å². The van der Waals surface area contributed by atoms with E-state index < -0.39 is 59.4 Å². The summed E-state index contributed by atoms with van der Waals surface area (Å²) in [7, 11) is 1.53. The molecule has 1 aliphatic heterocycles. The molecule has 14 heteroatoms. The van der Waals surface area contributed by atoms with E-state index in [-0.39, 0.29) is 28.2 Å². The SMILES string of the molecule is Cc1c(C(=O)Nc2cc(F)c(F)c(F)c2)c2n(c1C(=O)C(=O)NC1(c3cn(C)nn3)CC(F)(F)C1)CCC2. The second-order valence-electron chi connectivity index (χ2n) is 9.61. The van der Waals surface area contributed by atoms with Crippen LogP contribution in [0.15, 0.2) is 18.3 Å². The quantitative estimate of drug-likeness (QED) is 0.218. The molecule has 0 atom stereocenters. The van der Waals surface area contributed by atoms with E-state index >= 15 is 0 Å². The zero-order valence-corrected chi connectivity index (χ0v) is 20.2. The standard InChI is InChI=1S/C24H21F5N6O3/c1-11-17(21(37)30-12-6-13(25)18(27)14(26)7-12)15-4-3-5-35(15)19(11)20(36)22(38)31-23(9-24(28,29)10-23)16-8-34(2)33-32-16/h6-8H,3-5,9-10H2,1-2H3,(H,30,37)(H,31,38). The molecule has 2 aliphatic rings. The van der Waals surface area contributed by atoms with Crippen molar-refractivity contribution >= 4 is 23.3 Å². The molecule has 3 heterocycles. The van der Waals surface area contributed by atoms with E-state index in [0.29, 0.717) is 37.2 Å². The van der Waals surface area contributed by atoms with E-state index in [9.17, 15) is 36.3 Å². The number of carbonyl (C=O) groups is 3. The van der Waals surface area contributed by atoms with E-state index in [1.807, 2.05) is 0 Å². The lowest BCUT2D eigenvalue weighted by Gasteiger charge is -2.46. The molecule has 1 saturated carbocycles. The first kappa shape index (κ1) is 25.5. The van der Waals surface area contributed by atoms with Crippen LogP contribution < -0.4 is 10.6 Å². The number of hydrogen-bond donors (Lipinski definition) is 2. The number of benzene rings is 1. The van der Waals surface area contributed by atoms with Crippen molar-refractivity contribution in [2.24, 2.45) is 7.05 Å². The van der Waals surface area contributed by atoms with Crippen LogP contribution in [0.5, 0.6) is 0 Å². The van der Waals surface area contributed by atoms with Gasteiger partial charge >= 0.3 is 0 Å². The minimum Gasteiger partial charge on any atom is -0.341 e. The predicted molar refractivity (Wildman–Crippen MR) is 121 cm³/mol. The summed E-state index contributed by atoms with van der Waals surface area (Å²) >= 11 is 0. The van der Waals surface area contributed by atoms with E-state index in [4.69, 9.17) is 0 Å². The Balaban J connectivity index is 1.44. The van der Waals surface area contributed by atoms with Gasteiger partial charge in [-0.15, -0.1) is 5.10 Å². The topological polar surface area (TPSA) is 111 Å². The van der Waals surface area contributed by atoms with Crippen molar-refractivity contribution in [3.05, 3.63) is 64.0 Å². The van der Waals surface area contributed by atoms with Gasteiger partial charge in [-0.1, -0.05) is 5.21 Å². The highest BCUT2D eigenvalue weighted by Crippen LogP contribution is 2.51. The largest absolute Gasteiger partial charge is 0.341 e. The Kier molecular flexibility index (Phi) is 5.87. The van der Waals surface area contributed by atoms with Crippen LogP contribution in [-0.4, -0.2) is 43.1 Å². The average Bonchev–Trinajstić information content (AvgIpc) is 3.51. The molecular formula is C24H21F5N6O3. The normalized spacial score (nSPS) is 17.0. The smallest absolute Gasteiger partial charge is 0.294 e. The number of aryl methyl sites for hydroxylation is 1. The van der Waals surface area contributed by atoms with Crippen LogP contribution in [0.4, 0.5) is 27.6 Å². The molecule has 2 amide bonds. The summed E-state index contributed by atoms with van der Waals surface area (Å²) in [5, 5.41) is 12.3. The van der Waals surface area contributed by atoms with E-state index in [1.54, 1.807) is 0 Å². The first-order valence-electron chi connectivity index (χ1n) is 11.6. The Morgan fingerprint density at radius 1 is 1.08 bits per heavy atom. The molecule has 2 N–H and O–H groups in total. The van der Waals surface area contributed by atoms with E-state index in [2.05, 4.69) is 20.9 Å². The second kappa shape index (κ2) is 8.74. The summed E-state index contributed by atoms with van der Waals surface area (Å²) in [4.78, 5) is 39.5. The molecule has 5 rings (SSSR count). The number of ketones is 1. The third-order valence-electron chi connectivity index (χ3n) is 6.87. The van der Waals surface area contributed by atoms with Crippen molar-refractivity contribution in [1.82, 2.24) is 24.9 Å². The second-order valence-corrected chi connectivity index (χ2v) is 9.61. The summed E-state index contributed by atoms with van der Waals surface area (Å²) in [6.45, 7) is 1.74. The highest BCUT2D eigenvalue weighted by Gasteiger charge is 2.60. The highest BCUT2D eigenvalue weighted by atomic mass is 19.3. The molecule has 1 aliphatic carbocycles. The number of rotatable bonds is 6. The number of fused-ring (bicyclic) bond motifs is 1. The molecule has 9 nitrogen and oxygen atoms in total. The van der Waals surface area contributed by atoms with Crippen LogP contribution >= 0.6 is 0 Å². The maximum absolute atomic E-state index is 13.9. The number of alkyl halides is 2. The van der Waals surface area contributed by atoms with Gasteiger partial charge in [-0.2, -0.15) is 0 Å². The molecule has 2 aromatic heterocycles. The zero-order chi connectivity index (χ0) is 27.6. The molecule has 0 saturated heterocycles. The van der Waals surface area contributed by atoms with Gasteiger partial charge in [0.05, 0.1) is 23.0 Å². The van der Waals surface area contributed by atoms with Gasteiger partial charge in [0.25, 0.3) is 23.5 Å². The molecule has 1 fully saturated rings. The molecule has 1 aromatic carbocycles.